The van der Waals surface area contributed by atoms with Gasteiger partial charge in [0.05, 0.1) is 11.7 Å². The maximum atomic E-state index is 6.14. The molecule has 5 nitrogen and oxygen atoms in total. The Morgan fingerprint density at radius 1 is 1.28 bits per heavy atom. The third-order valence-corrected chi connectivity index (χ3v) is 2.92. The molecule has 2 N–H and O–H groups in total. The molecule has 0 fully saturated rings. The van der Waals surface area contributed by atoms with Gasteiger partial charge in [-0.05, 0) is 25.5 Å². The van der Waals surface area contributed by atoms with Gasteiger partial charge in [0.15, 0.2) is 0 Å². The second-order valence-electron chi connectivity index (χ2n) is 4.21. The van der Waals surface area contributed by atoms with Crippen LogP contribution in [0.3, 0.4) is 0 Å². The molecule has 0 amide bonds. The summed E-state index contributed by atoms with van der Waals surface area (Å²) < 4.78 is 2.00. The Kier molecular flexibility index (Phi) is 4.04. The summed E-state index contributed by atoms with van der Waals surface area (Å²) in [5, 5.41) is 4.51. The largest absolute Gasteiger partial charge is 0.321 e. The molecule has 0 radical (unpaired) electrons. The molecule has 0 aliphatic heterocycles. The van der Waals surface area contributed by atoms with E-state index in [1.807, 2.05) is 4.68 Å². The van der Waals surface area contributed by atoms with E-state index in [1.54, 1.807) is 18.5 Å². The van der Waals surface area contributed by atoms with Crippen LogP contribution in [0.25, 0.3) is 0 Å². The molecule has 2 aromatic heterocycles. The molecule has 0 spiro atoms. The van der Waals surface area contributed by atoms with E-state index in [-0.39, 0.29) is 6.04 Å². The van der Waals surface area contributed by atoms with Crippen molar-refractivity contribution in [3.63, 3.8) is 0 Å². The predicted octanol–water partition coefficient (Wildman–Crippen LogP) is 1.50. The molecule has 1 atom stereocenters. The zero-order valence-electron chi connectivity index (χ0n) is 10.9. The molecule has 0 bridgehead atoms. The van der Waals surface area contributed by atoms with E-state index in [1.165, 1.54) is 0 Å². The monoisotopic (exact) mass is 245 g/mol. The lowest BCUT2D eigenvalue weighted by atomic mass is 10.1. The third-order valence-electron chi connectivity index (χ3n) is 2.92. The number of hydrogen-bond donors (Lipinski definition) is 1. The van der Waals surface area contributed by atoms with Crippen LogP contribution in [0.2, 0.25) is 0 Å². The standard InChI is InChI=1S/C13H19N5/c1-3-10-8-11(18(4-2)17-10)9-12(14)13-15-6-5-7-16-13/h5-8,12H,3-4,9,14H2,1-2H3. The fourth-order valence-corrected chi connectivity index (χ4v) is 1.94. The molecular weight excluding hydrogens is 226 g/mol. The first-order valence-electron chi connectivity index (χ1n) is 6.32. The SMILES string of the molecule is CCc1cc(CC(N)c2ncccn2)n(CC)n1. The minimum Gasteiger partial charge on any atom is -0.321 e. The highest BCUT2D eigenvalue weighted by Crippen LogP contribution is 2.14. The summed E-state index contributed by atoms with van der Waals surface area (Å²) in [6, 6.07) is 3.73. The van der Waals surface area contributed by atoms with Gasteiger partial charge in [-0.15, -0.1) is 0 Å². The van der Waals surface area contributed by atoms with Crippen molar-refractivity contribution in [3.05, 3.63) is 41.7 Å². The van der Waals surface area contributed by atoms with Crippen molar-refractivity contribution >= 4 is 0 Å². The van der Waals surface area contributed by atoms with E-state index >= 15 is 0 Å². The van der Waals surface area contributed by atoms with Crippen molar-refractivity contribution in [2.24, 2.45) is 5.73 Å². The van der Waals surface area contributed by atoms with Gasteiger partial charge in [-0.3, -0.25) is 4.68 Å². The minimum absolute atomic E-state index is 0.182. The molecule has 96 valence electrons. The molecule has 0 saturated heterocycles. The fraction of sp³-hybridized carbons (Fsp3) is 0.462. The number of hydrogen-bond acceptors (Lipinski definition) is 4. The molecular formula is C13H19N5. The average molecular weight is 245 g/mol. The van der Waals surface area contributed by atoms with Gasteiger partial charge in [-0.25, -0.2) is 9.97 Å². The Bertz CT molecular complexity index is 491. The Morgan fingerprint density at radius 3 is 2.61 bits per heavy atom. The van der Waals surface area contributed by atoms with Crippen molar-refractivity contribution in [1.29, 1.82) is 0 Å². The summed E-state index contributed by atoms with van der Waals surface area (Å²) in [5.41, 5.74) is 8.39. The summed E-state index contributed by atoms with van der Waals surface area (Å²) in [6.07, 6.45) is 5.09. The normalized spacial score (nSPS) is 12.6. The van der Waals surface area contributed by atoms with Crippen LogP contribution in [0.4, 0.5) is 0 Å². The fourth-order valence-electron chi connectivity index (χ4n) is 1.94. The number of aromatic nitrogens is 4. The highest BCUT2D eigenvalue weighted by Gasteiger charge is 2.13. The summed E-state index contributed by atoms with van der Waals surface area (Å²) in [4.78, 5) is 8.38. The molecule has 0 aromatic carbocycles. The lowest BCUT2D eigenvalue weighted by Crippen LogP contribution is -2.18. The van der Waals surface area contributed by atoms with Gasteiger partial charge in [0.25, 0.3) is 0 Å². The maximum Gasteiger partial charge on any atom is 0.145 e. The zero-order chi connectivity index (χ0) is 13.0. The Hall–Kier alpha value is -1.75. The van der Waals surface area contributed by atoms with Crippen LogP contribution in [0, 0.1) is 0 Å². The molecule has 2 heterocycles. The number of nitrogens with zero attached hydrogens (tertiary/aromatic N) is 4. The first kappa shape index (κ1) is 12.7. The van der Waals surface area contributed by atoms with Crippen LogP contribution in [-0.2, 0) is 19.4 Å². The molecule has 0 aliphatic rings. The van der Waals surface area contributed by atoms with Crippen LogP contribution in [0.15, 0.2) is 24.5 Å². The van der Waals surface area contributed by atoms with Crippen molar-refractivity contribution in [2.45, 2.75) is 39.3 Å². The van der Waals surface area contributed by atoms with E-state index in [9.17, 15) is 0 Å². The molecule has 2 aromatic rings. The molecule has 1 unspecified atom stereocenters. The lowest BCUT2D eigenvalue weighted by Gasteiger charge is -2.10. The maximum absolute atomic E-state index is 6.14. The van der Waals surface area contributed by atoms with Crippen LogP contribution < -0.4 is 5.73 Å². The van der Waals surface area contributed by atoms with Crippen molar-refractivity contribution in [2.75, 3.05) is 0 Å². The average Bonchev–Trinajstić information content (AvgIpc) is 2.82. The van der Waals surface area contributed by atoms with Gasteiger partial charge in [0.2, 0.25) is 0 Å². The molecule has 0 aliphatic carbocycles. The van der Waals surface area contributed by atoms with Crippen molar-refractivity contribution in [3.8, 4) is 0 Å². The Balaban J connectivity index is 2.16. The second kappa shape index (κ2) is 5.73. The van der Waals surface area contributed by atoms with Crippen LogP contribution in [0.1, 0.15) is 37.1 Å². The topological polar surface area (TPSA) is 69.6 Å². The summed E-state index contributed by atoms with van der Waals surface area (Å²) in [6.45, 7) is 5.05. The van der Waals surface area contributed by atoms with E-state index < -0.39 is 0 Å². The van der Waals surface area contributed by atoms with Gasteiger partial charge in [0.1, 0.15) is 5.82 Å². The zero-order valence-corrected chi connectivity index (χ0v) is 10.9. The van der Waals surface area contributed by atoms with Crippen molar-refractivity contribution < 1.29 is 0 Å². The first-order valence-corrected chi connectivity index (χ1v) is 6.32. The Labute approximate surface area is 107 Å². The number of nitrogens with two attached hydrogens (primary N) is 1. The third kappa shape index (κ3) is 2.73. The summed E-state index contributed by atoms with van der Waals surface area (Å²) in [5.74, 6) is 0.680. The van der Waals surface area contributed by atoms with Gasteiger partial charge in [-0.1, -0.05) is 6.92 Å². The van der Waals surface area contributed by atoms with E-state index in [0.29, 0.717) is 12.2 Å². The summed E-state index contributed by atoms with van der Waals surface area (Å²) in [7, 11) is 0. The molecule has 5 heteroatoms. The Morgan fingerprint density at radius 2 is 2.00 bits per heavy atom. The highest BCUT2D eigenvalue weighted by atomic mass is 15.3. The van der Waals surface area contributed by atoms with Crippen molar-refractivity contribution in [1.82, 2.24) is 19.7 Å². The summed E-state index contributed by atoms with van der Waals surface area (Å²) >= 11 is 0. The second-order valence-corrected chi connectivity index (χ2v) is 4.21. The van der Waals surface area contributed by atoms with Crippen LogP contribution in [0.5, 0.6) is 0 Å². The smallest absolute Gasteiger partial charge is 0.145 e. The lowest BCUT2D eigenvalue weighted by molar-refractivity contribution is 0.573. The number of aryl methyl sites for hydroxylation is 2. The molecule has 2 rings (SSSR count). The number of rotatable bonds is 5. The highest BCUT2D eigenvalue weighted by molar-refractivity contribution is 5.13. The molecule has 0 saturated carbocycles. The molecule has 18 heavy (non-hydrogen) atoms. The predicted molar refractivity (Wildman–Crippen MR) is 69.9 cm³/mol. The van der Waals surface area contributed by atoms with Gasteiger partial charge < -0.3 is 5.73 Å². The van der Waals surface area contributed by atoms with Gasteiger partial charge in [-0.2, -0.15) is 5.10 Å². The first-order chi connectivity index (χ1) is 8.74. The van der Waals surface area contributed by atoms with E-state index in [0.717, 1.165) is 24.4 Å². The van der Waals surface area contributed by atoms with Gasteiger partial charge in [0, 0.05) is 31.1 Å². The van der Waals surface area contributed by atoms with Gasteiger partial charge >= 0.3 is 0 Å². The van der Waals surface area contributed by atoms with Crippen LogP contribution >= 0.6 is 0 Å². The van der Waals surface area contributed by atoms with E-state index in [4.69, 9.17) is 5.73 Å². The van der Waals surface area contributed by atoms with Crippen LogP contribution in [-0.4, -0.2) is 19.7 Å². The quantitative estimate of drug-likeness (QED) is 0.866. The van der Waals surface area contributed by atoms with E-state index in [2.05, 4.69) is 35.0 Å². The minimum atomic E-state index is -0.182.